The SMILES string of the molecule is [C-]#[N+]c1ccc(NNC(=O)NC)cc1[N+]#[C-]. The third-order valence-electron chi connectivity index (χ3n) is 1.76. The number of rotatable bonds is 2. The molecule has 0 heterocycles. The highest BCUT2D eigenvalue weighted by Crippen LogP contribution is 2.30. The number of hydrogen-bond acceptors (Lipinski definition) is 2. The first-order valence-electron chi connectivity index (χ1n) is 4.34. The summed E-state index contributed by atoms with van der Waals surface area (Å²) in [5.41, 5.74) is 6.05. The van der Waals surface area contributed by atoms with Crippen LogP contribution < -0.4 is 16.2 Å². The van der Waals surface area contributed by atoms with Gasteiger partial charge in [0.15, 0.2) is 11.4 Å². The number of nitrogens with one attached hydrogen (secondary N) is 3. The molecule has 0 bridgehead atoms. The number of anilines is 1. The van der Waals surface area contributed by atoms with Crippen LogP contribution in [0.15, 0.2) is 18.2 Å². The lowest BCUT2D eigenvalue weighted by Crippen LogP contribution is -2.36. The zero-order valence-corrected chi connectivity index (χ0v) is 8.53. The maximum absolute atomic E-state index is 10.9. The molecule has 1 aromatic carbocycles. The van der Waals surface area contributed by atoms with E-state index in [9.17, 15) is 4.79 Å². The van der Waals surface area contributed by atoms with Gasteiger partial charge in [-0.05, 0) is 6.07 Å². The van der Waals surface area contributed by atoms with E-state index in [4.69, 9.17) is 13.1 Å². The van der Waals surface area contributed by atoms with E-state index in [0.29, 0.717) is 11.4 Å². The van der Waals surface area contributed by atoms with Gasteiger partial charge in [-0.15, -0.1) is 0 Å². The van der Waals surface area contributed by atoms with Gasteiger partial charge in [0.05, 0.1) is 13.1 Å². The topological polar surface area (TPSA) is 61.9 Å². The largest absolute Gasteiger partial charge is 0.340 e. The van der Waals surface area contributed by atoms with Crippen LogP contribution >= 0.6 is 0 Å². The molecule has 0 aliphatic heterocycles. The van der Waals surface area contributed by atoms with Crippen molar-refractivity contribution in [3.63, 3.8) is 0 Å². The molecule has 6 nitrogen and oxygen atoms in total. The maximum atomic E-state index is 10.9. The molecule has 0 spiro atoms. The van der Waals surface area contributed by atoms with E-state index in [-0.39, 0.29) is 5.69 Å². The normalized spacial score (nSPS) is 8.44. The highest BCUT2D eigenvalue weighted by molar-refractivity contribution is 5.78. The summed E-state index contributed by atoms with van der Waals surface area (Å²) in [5.74, 6) is 0. The van der Waals surface area contributed by atoms with Crippen molar-refractivity contribution in [1.29, 1.82) is 0 Å². The van der Waals surface area contributed by atoms with Crippen molar-refractivity contribution in [3.05, 3.63) is 41.0 Å². The van der Waals surface area contributed by atoms with Crippen LogP contribution in [-0.2, 0) is 0 Å². The van der Waals surface area contributed by atoms with E-state index in [2.05, 4.69) is 25.9 Å². The Kier molecular flexibility index (Phi) is 3.71. The summed E-state index contributed by atoms with van der Waals surface area (Å²) in [4.78, 5) is 17.3. The molecule has 6 heteroatoms. The maximum Gasteiger partial charge on any atom is 0.333 e. The van der Waals surface area contributed by atoms with Crippen LogP contribution in [0.25, 0.3) is 9.69 Å². The van der Waals surface area contributed by atoms with E-state index in [0.717, 1.165) is 0 Å². The molecule has 3 N–H and O–H groups in total. The van der Waals surface area contributed by atoms with E-state index in [1.807, 2.05) is 0 Å². The first-order valence-corrected chi connectivity index (χ1v) is 4.34. The third kappa shape index (κ3) is 2.63. The highest BCUT2D eigenvalue weighted by atomic mass is 16.2. The second-order valence-electron chi connectivity index (χ2n) is 2.76. The fourth-order valence-electron chi connectivity index (χ4n) is 0.977. The van der Waals surface area contributed by atoms with E-state index >= 15 is 0 Å². The lowest BCUT2D eigenvalue weighted by Gasteiger charge is -2.08. The summed E-state index contributed by atoms with van der Waals surface area (Å²) in [6.45, 7) is 13.7. The number of hydrazine groups is 1. The summed E-state index contributed by atoms with van der Waals surface area (Å²) < 4.78 is 0. The fraction of sp³-hybridized carbons (Fsp3) is 0.100. The van der Waals surface area contributed by atoms with Crippen molar-refractivity contribution in [2.24, 2.45) is 0 Å². The molecule has 1 rings (SSSR count). The van der Waals surface area contributed by atoms with Gasteiger partial charge in [-0.25, -0.2) is 4.79 Å². The van der Waals surface area contributed by atoms with Gasteiger partial charge in [-0.3, -0.25) is 20.5 Å². The number of carbonyl (C=O) groups excluding carboxylic acids is 1. The van der Waals surface area contributed by atoms with Gasteiger partial charge in [0.1, 0.15) is 0 Å². The Bertz CT molecular complexity index is 483. The molecule has 0 aliphatic carbocycles. The van der Waals surface area contributed by atoms with E-state index < -0.39 is 6.03 Å². The van der Waals surface area contributed by atoms with Gasteiger partial charge < -0.3 is 5.32 Å². The van der Waals surface area contributed by atoms with E-state index in [1.54, 1.807) is 6.07 Å². The molecule has 0 aromatic heterocycles. The number of urea groups is 1. The molecular formula is C10H9N5O. The van der Waals surface area contributed by atoms with Crippen molar-refractivity contribution >= 4 is 23.1 Å². The second kappa shape index (κ2) is 5.23. The monoisotopic (exact) mass is 215 g/mol. The Labute approximate surface area is 92.9 Å². The molecule has 0 aliphatic rings. The Hall–Kier alpha value is -2.73. The van der Waals surface area contributed by atoms with Gasteiger partial charge >= 0.3 is 6.03 Å². The van der Waals surface area contributed by atoms with Crippen LogP contribution in [0.3, 0.4) is 0 Å². The zero-order chi connectivity index (χ0) is 12.0. The van der Waals surface area contributed by atoms with Crippen LogP contribution in [-0.4, -0.2) is 13.1 Å². The van der Waals surface area contributed by atoms with Gasteiger partial charge in [-0.1, -0.05) is 12.1 Å². The Morgan fingerprint density at radius 1 is 1.25 bits per heavy atom. The molecule has 0 saturated carbocycles. The average Bonchev–Trinajstić information content (AvgIpc) is 2.35. The van der Waals surface area contributed by atoms with Crippen LogP contribution in [0.2, 0.25) is 0 Å². The van der Waals surface area contributed by atoms with Crippen LogP contribution in [0.4, 0.5) is 21.9 Å². The summed E-state index contributed by atoms with van der Waals surface area (Å²) in [6.07, 6.45) is 0. The number of nitrogens with zero attached hydrogens (tertiary/aromatic N) is 2. The van der Waals surface area contributed by atoms with Crippen LogP contribution in [0, 0.1) is 13.1 Å². The van der Waals surface area contributed by atoms with Crippen LogP contribution in [0.1, 0.15) is 0 Å². The zero-order valence-electron chi connectivity index (χ0n) is 8.53. The van der Waals surface area contributed by atoms with Gasteiger partial charge in [0, 0.05) is 12.7 Å². The minimum atomic E-state index is -0.390. The number of amides is 2. The van der Waals surface area contributed by atoms with Gasteiger partial charge in [0.25, 0.3) is 0 Å². The van der Waals surface area contributed by atoms with Crippen molar-refractivity contribution in [2.75, 3.05) is 12.5 Å². The quantitative estimate of drug-likeness (QED) is 0.522. The molecule has 0 radical (unpaired) electrons. The minimum absolute atomic E-state index is 0.249. The van der Waals surface area contributed by atoms with Gasteiger partial charge in [0.2, 0.25) is 0 Å². The van der Waals surface area contributed by atoms with Crippen LogP contribution in [0.5, 0.6) is 0 Å². The molecule has 0 unspecified atom stereocenters. The number of carbonyl (C=O) groups is 1. The molecule has 1 aromatic rings. The Balaban J connectivity index is 2.81. The van der Waals surface area contributed by atoms with Gasteiger partial charge in [-0.2, -0.15) is 0 Å². The first-order chi connectivity index (χ1) is 7.71. The smallest absolute Gasteiger partial charge is 0.333 e. The molecule has 0 saturated heterocycles. The Morgan fingerprint density at radius 2 is 1.94 bits per heavy atom. The molecular weight excluding hydrogens is 206 g/mol. The Morgan fingerprint density at radius 3 is 2.50 bits per heavy atom. The summed E-state index contributed by atoms with van der Waals surface area (Å²) >= 11 is 0. The van der Waals surface area contributed by atoms with E-state index in [1.165, 1.54) is 19.2 Å². The fourth-order valence-corrected chi connectivity index (χ4v) is 0.977. The van der Waals surface area contributed by atoms with Crippen molar-refractivity contribution in [2.45, 2.75) is 0 Å². The molecule has 0 fully saturated rings. The highest BCUT2D eigenvalue weighted by Gasteiger charge is 2.03. The molecule has 80 valence electrons. The van der Waals surface area contributed by atoms with Crippen molar-refractivity contribution < 1.29 is 4.79 Å². The first kappa shape index (κ1) is 11.3. The summed E-state index contributed by atoms with van der Waals surface area (Å²) in [7, 11) is 1.49. The summed E-state index contributed by atoms with van der Waals surface area (Å²) in [5, 5.41) is 2.36. The molecule has 0 atom stereocenters. The lowest BCUT2D eigenvalue weighted by atomic mass is 10.2. The predicted molar refractivity (Wildman–Crippen MR) is 60.2 cm³/mol. The molecule has 16 heavy (non-hydrogen) atoms. The lowest BCUT2D eigenvalue weighted by molar-refractivity contribution is 0.245. The number of hydrogen-bond donors (Lipinski definition) is 3. The minimum Gasteiger partial charge on any atom is -0.340 e. The molecule has 2 amide bonds. The second-order valence-corrected chi connectivity index (χ2v) is 2.76. The van der Waals surface area contributed by atoms with Crippen molar-refractivity contribution in [3.8, 4) is 0 Å². The average molecular weight is 215 g/mol. The van der Waals surface area contributed by atoms with Crippen molar-refractivity contribution in [1.82, 2.24) is 10.7 Å². The third-order valence-corrected chi connectivity index (χ3v) is 1.76. The number of benzene rings is 1. The summed E-state index contributed by atoms with van der Waals surface area (Å²) in [6, 6.07) is 4.24. The standard InChI is InChI=1S/C10H9N5O/c1-11-8-5-4-7(6-9(8)12-2)14-15-10(16)13-3/h4-6,14H,3H3,(H2,13,15,16). The predicted octanol–water partition coefficient (Wildman–Crippen LogP) is 2.04.